The van der Waals surface area contributed by atoms with E-state index in [4.69, 9.17) is 0 Å². The van der Waals surface area contributed by atoms with E-state index in [1.54, 1.807) is 6.92 Å². The van der Waals surface area contributed by atoms with Crippen molar-refractivity contribution in [2.45, 2.75) is 51.6 Å². The fraction of sp³-hybridized carbons (Fsp3) is 0.667. The monoisotopic (exact) mass is 387 g/mol. The molecule has 2 amide bonds. The SMILES string of the molecule is CC(=O)NC[C@H]1CC[C@@H](CC(=O)N2CCCN(c3ccncc3C)CC2)N1C. The number of anilines is 1. The Morgan fingerprint density at radius 1 is 1.18 bits per heavy atom. The normalized spacial score (nSPS) is 23.5. The maximum Gasteiger partial charge on any atom is 0.224 e. The van der Waals surface area contributed by atoms with E-state index in [1.165, 1.54) is 11.3 Å². The van der Waals surface area contributed by atoms with E-state index in [0.29, 0.717) is 19.0 Å². The van der Waals surface area contributed by atoms with Gasteiger partial charge in [-0.15, -0.1) is 0 Å². The molecule has 1 N–H and O–H groups in total. The topological polar surface area (TPSA) is 68.8 Å². The molecule has 0 aliphatic carbocycles. The van der Waals surface area contributed by atoms with Crippen molar-refractivity contribution in [1.29, 1.82) is 0 Å². The predicted molar refractivity (Wildman–Crippen MR) is 110 cm³/mol. The Morgan fingerprint density at radius 3 is 2.71 bits per heavy atom. The lowest BCUT2D eigenvalue weighted by atomic mass is 10.1. The molecule has 2 aliphatic heterocycles. The minimum absolute atomic E-state index is 0.00600. The summed E-state index contributed by atoms with van der Waals surface area (Å²) in [5.41, 5.74) is 2.40. The number of rotatable bonds is 5. The van der Waals surface area contributed by atoms with Gasteiger partial charge in [-0.25, -0.2) is 0 Å². The van der Waals surface area contributed by atoms with Crippen LogP contribution in [-0.4, -0.2) is 78.5 Å². The smallest absolute Gasteiger partial charge is 0.224 e. The van der Waals surface area contributed by atoms with Gasteiger partial charge in [-0.3, -0.25) is 19.5 Å². The second-order valence-electron chi connectivity index (χ2n) is 8.08. The molecule has 3 rings (SSSR count). The Bertz CT molecular complexity index is 695. The quantitative estimate of drug-likeness (QED) is 0.828. The van der Waals surface area contributed by atoms with E-state index in [0.717, 1.165) is 45.4 Å². The van der Waals surface area contributed by atoms with Gasteiger partial charge in [0.15, 0.2) is 0 Å². The van der Waals surface area contributed by atoms with Crippen LogP contribution in [0.5, 0.6) is 0 Å². The third-order valence-corrected chi connectivity index (χ3v) is 6.16. The van der Waals surface area contributed by atoms with Crippen molar-refractivity contribution in [2.24, 2.45) is 0 Å². The van der Waals surface area contributed by atoms with Crippen molar-refractivity contribution in [3.05, 3.63) is 24.0 Å². The highest BCUT2D eigenvalue weighted by atomic mass is 16.2. The summed E-state index contributed by atoms with van der Waals surface area (Å²) in [5, 5.41) is 2.90. The summed E-state index contributed by atoms with van der Waals surface area (Å²) < 4.78 is 0. The van der Waals surface area contributed by atoms with Gasteiger partial charge in [0.1, 0.15) is 0 Å². The second-order valence-corrected chi connectivity index (χ2v) is 8.08. The minimum atomic E-state index is 0.00600. The van der Waals surface area contributed by atoms with Crippen LogP contribution in [0.3, 0.4) is 0 Å². The van der Waals surface area contributed by atoms with Crippen LogP contribution in [-0.2, 0) is 9.59 Å². The number of aryl methyl sites for hydroxylation is 1. The van der Waals surface area contributed by atoms with Crippen molar-refractivity contribution in [3.8, 4) is 0 Å². The number of likely N-dealkylation sites (tertiary alicyclic amines) is 1. The minimum Gasteiger partial charge on any atom is -0.369 e. The summed E-state index contributed by atoms with van der Waals surface area (Å²) in [5.74, 6) is 0.261. The molecule has 28 heavy (non-hydrogen) atoms. The zero-order chi connectivity index (χ0) is 20.1. The summed E-state index contributed by atoms with van der Waals surface area (Å²) in [6, 6.07) is 2.67. The van der Waals surface area contributed by atoms with Crippen LogP contribution in [0.15, 0.2) is 18.5 Å². The maximum atomic E-state index is 12.9. The zero-order valence-corrected chi connectivity index (χ0v) is 17.4. The lowest BCUT2D eigenvalue weighted by molar-refractivity contribution is -0.132. The van der Waals surface area contributed by atoms with Crippen LogP contribution in [0.2, 0.25) is 0 Å². The van der Waals surface area contributed by atoms with Crippen LogP contribution >= 0.6 is 0 Å². The number of likely N-dealkylation sites (N-methyl/N-ethyl adjacent to an activating group) is 1. The number of amides is 2. The number of nitrogens with zero attached hydrogens (tertiary/aromatic N) is 4. The Hall–Kier alpha value is -2.15. The number of carbonyl (C=O) groups is 2. The molecule has 154 valence electrons. The zero-order valence-electron chi connectivity index (χ0n) is 17.4. The average Bonchev–Trinajstić information content (AvgIpc) is 2.86. The van der Waals surface area contributed by atoms with E-state index < -0.39 is 0 Å². The average molecular weight is 388 g/mol. The number of aromatic nitrogens is 1. The molecule has 0 unspecified atom stereocenters. The standard InChI is InChI=1S/C21H33N5O2/c1-16-14-22-8-7-20(16)25-9-4-10-26(12-11-25)21(28)13-18-5-6-19(24(18)3)15-23-17(2)27/h7-8,14,18-19H,4-6,9-13,15H2,1-3H3,(H,23,27)/t18-,19+/m0/s1. The van der Waals surface area contributed by atoms with E-state index in [1.807, 2.05) is 17.3 Å². The fourth-order valence-corrected chi connectivity index (χ4v) is 4.40. The van der Waals surface area contributed by atoms with Gasteiger partial charge in [-0.1, -0.05) is 0 Å². The van der Waals surface area contributed by atoms with Gasteiger partial charge in [-0.2, -0.15) is 0 Å². The Balaban J connectivity index is 1.51. The molecule has 2 aliphatic rings. The molecule has 0 spiro atoms. The molecule has 1 aromatic rings. The first-order chi connectivity index (χ1) is 13.5. The van der Waals surface area contributed by atoms with Crippen molar-refractivity contribution < 1.29 is 9.59 Å². The summed E-state index contributed by atoms with van der Waals surface area (Å²) >= 11 is 0. The summed E-state index contributed by atoms with van der Waals surface area (Å²) in [7, 11) is 2.08. The highest BCUT2D eigenvalue weighted by Crippen LogP contribution is 2.25. The highest BCUT2D eigenvalue weighted by Gasteiger charge is 2.33. The van der Waals surface area contributed by atoms with Crippen LogP contribution in [0.1, 0.15) is 38.2 Å². The molecule has 0 saturated carbocycles. The number of hydrogen-bond donors (Lipinski definition) is 1. The van der Waals surface area contributed by atoms with E-state index in [9.17, 15) is 9.59 Å². The Morgan fingerprint density at radius 2 is 1.96 bits per heavy atom. The van der Waals surface area contributed by atoms with Gasteiger partial charge in [0, 0.05) is 76.2 Å². The van der Waals surface area contributed by atoms with E-state index >= 15 is 0 Å². The molecule has 0 radical (unpaired) electrons. The highest BCUT2D eigenvalue weighted by molar-refractivity contribution is 5.77. The van der Waals surface area contributed by atoms with Crippen molar-refractivity contribution in [1.82, 2.24) is 20.1 Å². The van der Waals surface area contributed by atoms with E-state index in [-0.39, 0.29) is 17.9 Å². The lowest BCUT2D eigenvalue weighted by Crippen LogP contribution is -2.43. The second kappa shape index (κ2) is 9.37. The number of carbonyl (C=O) groups excluding carboxylic acids is 2. The van der Waals surface area contributed by atoms with Gasteiger partial charge in [0.05, 0.1) is 0 Å². The molecule has 2 saturated heterocycles. The molecule has 3 heterocycles. The van der Waals surface area contributed by atoms with Gasteiger partial charge >= 0.3 is 0 Å². The van der Waals surface area contributed by atoms with Crippen molar-refractivity contribution in [2.75, 3.05) is 44.7 Å². The molecule has 2 fully saturated rings. The molecule has 1 aromatic heterocycles. The molecule has 0 bridgehead atoms. The predicted octanol–water partition coefficient (Wildman–Crippen LogP) is 1.42. The molecule has 2 atom stereocenters. The van der Waals surface area contributed by atoms with Crippen molar-refractivity contribution >= 4 is 17.5 Å². The van der Waals surface area contributed by atoms with Crippen LogP contribution in [0.4, 0.5) is 5.69 Å². The molecular weight excluding hydrogens is 354 g/mol. The fourth-order valence-electron chi connectivity index (χ4n) is 4.40. The first-order valence-corrected chi connectivity index (χ1v) is 10.4. The first-order valence-electron chi connectivity index (χ1n) is 10.4. The lowest BCUT2D eigenvalue weighted by Gasteiger charge is -2.28. The first kappa shape index (κ1) is 20.6. The largest absolute Gasteiger partial charge is 0.369 e. The molecule has 7 nitrogen and oxygen atoms in total. The molecule has 0 aromatic carbocycles. The molecular formula is C21H33N5O2. The van der Waals surface area contributed by atoms with Gasteiger partial charge in [0.2, 0.25) is 11.8 Å². The van der Waals surface area contributed by atoms with Gasteiger partial charge < -0.3 is 15.1 Å². The summed E-state index contributed by atoms with van der Waals surface area (Å²) in [4.78, 5) is 35.0. The van der Waals surface area contributed by atoms with Crippen molar-refractivity contribution in [3.63, 3.8) is 0 Å². The Kier molecular flexibility index (Phi) is 6.88. The number of nitrogens with one attached hydrogen (secondary N) is 1. The van der Waals surface area contributed by atoms with Crippen LogP contribution in [0.25, 0.3) is 0 Å². The Labute approximate surface area is 168 Å². The maximum absolute atomic E-state index is 12.9. The van der Waals surface area contributed by atoms with Crippen LogP contribution in [0, 0.1) is 6.92 Å². The van der Waals surface area contributed by atoms with Gasteiger partial charge in [-0.05, 0) is 44.9 Å². The number of hydrogen-bond acceptors (Lipinski definition) is 5. The van der Waals surface area contributed by atoms with Crippen LogP contribution < -0.4 is 10.2 Å². The summed E-state index contributed by atoms with van der Waals surface area (Å²) in [6.45, 7) is 7.73. The van der Waals surface area contributed by atoms with Gasteiger partial charge in [0.25, 0.3) is 0 Å². The summed E-state index contributed by atoms with van der Waals surface area (Å²) in [6.07, 6.45) is 7.34. The third-order valence-electron chi connectivity index (χ3n) is 6.16. The molecule has 7 heteroatoms. The number of pyridine rings is 1. The van der Waals surface area contributed by atoms with E-state index in [2.05, 4.69) is 40.1 Å². The third kappa shape index (κ3) is 5.01.